The number of likely N-dealkylation sites (N-methyl/N-ethyl adjacent to an activating group) is 1. The van der Waals surface area contributed by atoms with E-state index in [0.717, 1.165) is 10.3 Å². The summed E-state index contributed by atoms with van der Waals surface area (Å²) in [6.07, 6.45) is 0. The molecule has 0 saturated carbocycles. The zero-order valence-electron chi connectivity index (χ0n) is 19.7. The van der Waals surface area contributed by atoms with Gasteiger partial charge in [-0.1, -0.05) is 42.5 Å². The fraction of sp³-hybridized carbons (Fsp3) is 0.192. The van der Waals surface area contributed by atoms with Crippen LogP contribution in [0.4, 0.5) is 11.5 Å². The number of benzene rings is 2. The molecule has 1 fully saturated rings. The molecule has 0 aliphatic carbocycles. The van der Waals surface area contributed by atoms with Gasteiger partial charge in [0.25, 0.3) is 0 Å². The molecule has 5 aromatic rings. The van der Waals surface area contributed by atoms with Gasteiger partial charge in [-0.25, -0.2) is 9.78 Å². The Balaban J connectivity index is 1.63. The number of anilines is 1. The van der Waals surface area contributed by atoms with Gasteiger partial charge in [-0.2, -0.15) is 0 Å². The Kier molecular flexibility index (Phi) is 5.39. The van der Waals surface area contributed by atoms with E-state index in [1.54, 1.807) is 4.40 Å². The smallest absolute Gasteiger partial charge is 0.342 e. The standard InChI is InChI=1S/C26H21N5O5S/c1-28-11-12-29(14-19(28)15-7-3-2-4-8-15)24-18(31(35)36)13-16-22(32)21(26(33)34)25-30(23(16)27-24)17-9-5-6-10-20(17)37-25/h2-10,13,19H,11-12,14H2,1H3,(H,33,34). The molecule has 1 aliphatic heterocycles. The maximum atomic E-state index is 13.3. The monoisotopic (exact) mass is 515 g/mol. The SMILES string of the molecule is CN1CCN(c2nc3c(cc2[N+](=O)[O-])c(=O)c(C(=O)O)c2sc4ccccc4n23)CC1c1ccccc1. The lowest BCUT2D eigenvalue weighted by Gasteiger charge is -2.40. The van der Waals surface area contributed by atoms with Crippen LogP contribution in [-0.4, -0.2) is 57.0 Å². The van der Waals surface area contributed by atoms with Gasteiger partial charge in [0.15, 0.2) is 5.65 Å². The highest BCUT2D eigenvalue weighted by molar-refractivity contribution is 7.24. The molecule has 1 N–H and O–H groups in total. The number of carboxylic acid groups (broad SMARTS) is 1. The van der Waals surface area contributed by atoms with E-state index >= 15 is 0 Å². The van der Waals surface area contributed by atoms with Crippen LogP contribution in [-0.2, 0) is 0 Å². The first-order valence-electron chi connectivity index (χ1n) is 11.6. The second-order valence-corrected chi connectivity index (χ2v) is 10.1. The van der Waals surface area contributed by atoms with Crippen molar-refractivity contribution in [1.82, 2.24) is 14.3 Å². The number of para-hydroxylation sites is 1. The third-order valence-corrected chi connectivity index (χ3v) is 8.06. The number of aromatic carboxylic acids is 1. The van der Waals surface area contributed by atoms with Gasteiger partial charge in [0.05, 0.1) is 26.6 Å². The van der Waals surface area contributed by atoms with Crippen LogP contribution in [0.25, 0.3) is 26.1 Å². The van der Waals surface area contributed by atoms with Crippen LogP contribution < -0.4 is 10.3 Å². The molecule has 37 heavy (non-hydrogen) atoms. The quantitative estimate of drug-likeness (QED) is 0.280. The minimum absolute atomic E-state index is 0.00819. The molecule has 1 unspecified atom stereocenters. The number of hydrogen-bond acceptors (Lipinski definition) is 8. The fourth-order valence-electron chi connectivity index (χ4n) is 5.07. The largest absolute Gasteiger partial charge is 0.477 e. The Hall–Kier alpha value is -4.35. The molecule has 1 aliphatic rings. The van der Waals surface area contributed by atoms with Gasteiger partial charge in [-0.05, 0) is 24.7 Å². The summed E-state index contributed by atoms with van der Waals surface area (Å²) in [5.41, 5.74) is 0.461. The second-order valence-electron chi connectivity index (χ2n) is 9.03. The van der Waals surface area contributed by atoms with E-state index in [9.17, 15) is 24.8 Å². The molecule has 2 aromatic carbocycles. The lowest BCUT2D eigenvalue weighted by atomic mass is 10.0. The number of aromatic nitrogens is 2. The number of carbonyl (C=O) groups is 1. The number of pyridine rings is 2. The number of hydrogen-bond donors (Lipinski definition) is 1. The Morgan fingerprint density at radius 2 is 1.86 bits per heavy atom. The summed E-state index contributed by atoms with van der Waals surface area (Å²) in [7, 11) is 2.02. The average molecular weight is 516 g/mol. The maximum absolute atomic E-state index is 13.3. The number of rotatable bonds is 4. The summed E-state index contributed by atoms with van der Waals surface area (Å²) in [5.74, 6) is -1.22. The molecule has 11 heteroatoms. The first-order chi connectivity index (χ1) is 17.8. The van der Waals surface area contributed by atoms with E-state index in [4.69, 9.17) is 4.98 Å². The minimum Gasteiger partial charge on any atom is -0.477 e. The van der Waals surface area contributed by atoms with Crippen molar-refractivity contribution in [1.29, 1.82) is 0 Å². The Morgan fingerprint density at radius 1 is 1.14 bits per heavy atom. The zero-order valence-corrected chi connectivity index (χ0v) is 20.5. The Morgan fingerprint density at radius 3 is 2.59 bits per heavy atom. The van der Waals surface area contributed by atoms with E-state index in [1.165, 1.54) is 17.4 Å². The van der Waals surface area contributed by atoms with E-state index in [0.29, 0.717) is 25.2 Å². The minimum atomic E-state index is -1.38. The number of thiazole rings is 1. The Bertz CT molecular complexity index is 1780. The summed E-state index contributed by atoms with van der Waals surface area (Å²) in [6, 6.07) is 18.4. The van der Waals surface area contributed by atoms with Crippen molar-refractivity contribution in [2.24, 2.45) is 0 Å². The van der Waals surface area contributed by atoms with Crippen molar-refractivity contribution in [3.63, 3.8) is 0 Å². The fourth-order valence-corrected chi connectivity index (χ4v) is 6.25. The molecule has 6 rings (SSSR count). The summed E-state index contributed by atoms with van der Waals surface area (Å²) < 4.78 is 2.42. The van der Waals surface area contributed by atoms with E-state index in [1.807, 2.05) is 66.5 Å². The summed E-state index contributed by atoms with van der Waals surface area (Å²) >= 11 is 1.18. The molecular weight excluding hydrogens is 494 g/mol. The van der Waals surface area contributed by atoms with Crippen LogP contribution >= 0.6 is 11.3 Å². The van der Waals surface area contributed by atoms with E-state index < -0.39 is 21.9 Å². The maximum Gasteiger partial charge on any atom is 0.342 e. The third kappa shape index (κ3) is 3.62. The topological polar surface area (TPSA) is 121 Å². The zero-order chi connectivity index (χ0) is 25.8. The second kappa shape index (κ2) is 8.64. The van der Waals surface area contributed by atoms with Crippen molar-refractivity contribution in [3.8, 4) is 0 Å². The highest BCUT2D eigenvalue weighted by atomic mass is 32.1. The van der Waals surface area contributed by atoms with E-state index in [-0.39, 0.29) is 33.4 Å². The molecular formula is C26H21N5O5S. The first kappa shape index (κ1) is 23.1. The molecule has 0 radical (unpaired) electrons. The Labute approximate surface area is 213 Å². The lowest BCUT2D eigenvalue weighted by molar-refractivity contribution is -0.384. The molecule has 0 spiro atoms. The van der Waals surface area contributed by atoms with Crippen LogP contribution in [0.3, 0.4) is 0 Å². The number of carboxylic acids is 1. The summed E-state index contributed by atoms with van der Waals surface area (Å²) in [5, 5.41) is 22.0. The molecule has 186 valence electrons. The molecule has 3 aromatic heterocycles. The molecule has 0 amide bonds. The number of piperazine rings is 1. The van der Waals surface area contributed by atoms with Crippen molar-refractivity contribution >= 4 is 54.9 Å². The predicted molar refractivity (Wildman–Crippen MR) is 142 cm³/mol. The number of fused-ring (bicyclic) bond motifs is 5. The molecule has 10 nitrogen and oxygen atoms in total. The lowest BCUT2D eigenvalue weighted by Crippen LogP contribution is -2.47. The van der Waals surface area contributed by atoms with Crippen LogP contribution in [0, 0.1) is 10.1 Å². The van der Waals surface area contributed by atoms with Gasteiger partial charge in [0, 0.05) is 25.7 Å². The van der Waals surface area contributed by atoms with Gasteiger partial charge in [0.2, 0.25) is 11.2 Å². The molecule has 1 saturated heterocycles. The third-order valence-electron chi connectivity index (χ3n) is 6.92. The van der Waals surface area contributed by atoms with Crippen molar-refractivity contribution in [2.75, 3.05) is 31.6 Å². The van der Waals surface area contributed by atoms with Crippen molar-refractivity contribution in [3.05, 3.63) is 92.1 Å². The predicted octanol–water partition coefficient (Wildman–Crippen LogP) is 4.16. The van der Waals surface area contributed by atoms with Gasteiger partial charge >= 0.3 is 11.7 Å². The molecule has 4 heterocycles. The summed E-state index contributed by atoms with van der Waals surface area (Å²) in [4.78, 5) is 46.1. The first-order valence-corrected chi connectivity index (χ1v) is 12.5. The van der Waals surface area contributed by atoms with Gasteiger partial charge in [-0.15, -0.1) is 11.3 Å². The van der Waals surface area contributed by atoms with Crippen LogP contribution in [0.1, 0.15) is 22.0 Å². The highest BCUT2D eigenvalue weighted by Gasteiger charge is 2.32. The van der Waals surface area contributed by atoms with E-state index in [2.05, 4.69) is 4.90 Å². The average Bonchev–Trinajstić information content (AvgIpc) is 3.27. The highest BCUT2D eigenvalue weighted by Crippen LogP contribution is 2.36. The summed E-state index contributed by atoms with van der Waals surface area (Å²) in [6.45, 7) is 1.63. The van der Waals surface area contributed by atoms with Gasteiger partial charge < -0.3 is 10.0 Å². The molecule has 1 atom stereocenters. The number of nitrogens with zero attached hydrogens (tertiary/aromatic N) is 5. The van der Waals surface area contributed by atoms with Crippen molar-refractivity contribution < 1.29 is 14.8 Å². The normalized spacial score (nSPS) is 16.6. The van der Waals surface area contributed by atoms with Crippen LogP contribution in [0.2, 0.25) is 0 Å². The molecule has 0 bridgehead atoms. The van der Waals surface area contributed by atoms with Crippen LogP contribution in [0.15, 0.2) is 65.5 Å². The van der Waals surface area contributed by atoms with Crippen molar-refractivity contribution in [2.45, 2.75) is 6.04 Å². The van der Waals surface area contributed by atoms with Gasteiger partial charge in [0.1, 0.15) is 10.4 Å². The number of nitro groups is 1. The van der Waals surface area contributed by atoms with Crippen LogP contribution in [0.5, 0.6) is 0 Å². The van der Waals surface area contributed by atoms with Gasteiger partial charge in [-0.3, -0.25) is 24.2 Å².